The number of hydrogen-bond acceptors (Lipinski definition) is 3. The van der Waals surface area contributed by atoms with Gasteiger partial charge in [-0.1, -0.05) is 23.7 Å². The Morgan fingerprint density at radius 3 is 2.78 bits per heavy atom. The van der Waals surface area contributed by atoms with Crippen molar-refractivity contribution in [1.29, 1.82) is 0 Å². The average molecular weight is 267 g/mol. The molecule has 18 heavy (non-hydrogen) atoms. The van der Waals surface area contributed by atoms with Crippen molar-refractivity contribution in [2.45, 2.75) is 13.3 Å². The number of carbonyl (C=O) groups is 2. The van der Waals surface area contributed by atoms with Crippen molar-refractivity contribution < 1.29 is 14.7 Å². The molecule has 5 nitrogen and oxygen atoms in total. The summed E-state index contributed by atoms with van der Waals surface area (Å²) in [6.07, 6.45) is -0.255. The fraction of sp³-hybridized carbons (Fsp3) is 0.250. The maximum atomic E-state index is 12.1. The van der Waals surface area contributed by atoms with E-state index in [0.29, 0.717) is 16.4 Å². The lowest BCUT2D eigenvalue weighted by Crippen LogP contribution is -2.28. The van der Waals surface area contributed by atoms with Crippen molar-refractivity contribution in [3.05, 3.63) is 29.3 Å². The van der Waals surface area contributed by atoms with Gasteiger partial charge in [-0.3, -0.25) is 9.59 Å². The molecule has 1 aromatic rings. The highest BCUT2D eigenvalue weighted by atomic mass is 35.5. The van der Waals surface area contributed by atoms with Crippen LogP contribution >= 0.6 is 11.6 Å². The summed E-state index contributed by atoms with van der Waals surface area (Å²) >= 11 is 5.99. The third-order valence-electron chi connectivity index (χ3n) is 2.73. The van der Waals surface area contributed by atoms with Gasteiger partial charge in [0.1, 0.15) is 0 Å². The predicted molar refractivity (Wildman–Crippen MR) is 67.8 cm³/mol. The molecular formula is C12H11ClN2O3. The van der Waals surface area contributed by atoms with Gasteiger partial charge < -0.3 is 5.11 Å². The summed E-state index contributed by atoms with van der Waals surface area (Å²) in [6, 6.07) is 6.81. The van der Waals surface area contributed by atoms with Crippen LogP contribution in [0.1, 0.15) is 13.3 Å². The second kappa shape index (κ2) is 4.78. The van der Waals surface area contributed by atoms with Gasteiger partial charge in [0, 0.05) is 5.71 Å². The fourth-order valence-corrected chi connectivity index (χ4v) is 2.02. The Bertz CT molecular complexity index is 542. The number of amides is 1. The van der Waals surface area contributed by atoms with Crippen LogP contribution in [0.25, 0.3) is 0 Å². The molecule has 1 amide bonds. The van der Waals surface area contributed by atoms with Gasteiger partial charge in [-0.15, -0.1) is 0 Å². The zero-order valence-electron chi connectivity index (χ0n) is 9.63. The fourth-order valence-electron chi connectivity index (χ4n) is 1.81. The first-order valence-corrected chi connectivity index (χ1v) is 5.74. The summed E-state index contributed by atoms with van der Waals surface area (Å²) in [7, 11) is 0. The van der Waals surface area contributed by atoms with Crippen molar-refractivity contribution >= 4 is 34.9 Å². The van der Waals surface area contributed by atoms with Crippen molar-refractivity contribution in [3.8, 4) is 0 Å². The summed E-state index contributed by atoms with van der Waals surface area (Å²) in [5.41, 5.74) is 0.957. The summed E-state index contributed by atoms with van der Waals surface area (Å²) in [5.74, 6) is -2.09. The lowest BCUT2D eigenvalue weighted by Gasteiger charge is -2.14. The minimum atomic E-state index is -1.02. The van der Waals surface area contributed by atoms with Crippen LogP contribution < -0.4 is 5.01 Å². The molecule has 0 bridgehead atoms. The number of aliphatic carboxylic acids is 1. The first-order valence-electron chi connectivity index (χ1n) is 5.36. The highest BCUT2D eigenvalue weighted by molar-refractivity contribution is 6.34. The van der Waals surface area contributed by atoms with Gasteiger partial charge in [-0.2, -0.15) is 10.1 Å². The number of anilines is 1. The minimum absolute atomic E-state index is 0.255. The first kappa shape index (κ1) is 12.6. The van der Waals surface area contributed by atoms with E-state index in [2.05, 4.69) is 5.10 Å². The summed E-state index contributed by atoms with van der Waals surface area (Å²) in [6.45, 7) is 1.64. The van der Waals surface area contributed by atoms with E-state index < -0.39 is 11.9 Å². The van der Waals surface area contributed by atoms with Crippen LogP contribution in [0.15, 0.2) is 29.4 Å². The van der Waals surface area contributed by atoms with Crippen LogP contribution in [-0.4, -0.2) is 22.7 Å². The Morgan fingerprint density at radius 1 is 1.50 bits per heavy atom. The van der Waals surface area contributed by atoms with Crippen molar-refractivity contribution in [3.63, 3.8) is 0 Å². The molecule has 1 aromatic carbocycles. The molecule has 0 aliphatic carbocycles. The molecule has 0 fully saturated rings. The number of carboxylic acid groups (broad SMARTS) is 1. The Morgan fingerprint density at radius 2 is 2.17 bits per heavy atom. The van der Waals surface area contributed by atoms with Crippen LogP contribution in [0, 0.1) is 5.92 Å². The van der Waals surface area contributed by atoms with E-state index in [1.807, 2.05) is 0 Å². The molecule has 1 aliphatic heterocycles. The van der Waals surface area contributed by atoms with Gasteiger partial charge in [0.15, 0.2) is 0 Å². The van der Waals surface area contributed by atoms with E-state index in [4.69, 9.17) is 16.7 Å². The van der Waals surface area contributed by atoms with Gasteiger partial charge in [0.25, 0.3) is 5.91 Å². The topological polar surface area (TPSA) is 70.0 Å². The number of hydrazone groups is 1. The van der Waals surface area contributed by atoms with Crippen molar-refractivity contribution in [1.82, 2.24) is 0 Å². The highest BCUT2D eigenvalue weighted by Gasteiger charge is 2.36. The Hall–Kier alpha value is -1.88. The smallest absolute Gasteiger partial charge is 0.304 e. The van der Waals surface area contributed by atoms with E-state index >= 15 is 0 Å². The maximum absolute atomic E-state index is 12.1. The van der Waals surface area contributed by atoms with Crippen molar-refractivity contribution in [2.75, 3.05) is 5.01 Å². The maximum Gasteiger partial charge on any atom is 0.304 e. The number of halogens is 1. The molecule has 1 N–H and O–H groups in total. The van der Waals surface area contributed by atoms with Crippen LogP contribution in [-0.2, 0) is 9.59 Å². The Balaban J connectivity index is 2.31. The van der Waals surface area contributed by atoms with Gasteiger partial charge in [-0.25, -0.2) is 0 Å². The molecule has 2 rings (SSSR count). The predicted octanol–water partition coefficient (Wildman–Crippen LogP) is 2.15. The van der Waals surface area contributed by atoms with E-state index in [-0.39, 0.29) is 12.3 Å². The average Bonchev–Trinajstić information content (AvgIpc) is 2.57. The molecule has 1 heterocycles. The molecule has 0 radical (unpaired) electrons. The zero-order valence-corrected chi connectivity index (χ0v) is 10.4. The molecule has 0 aromatic heterocycles. The summed E-state index contributed by atoms with van der Waals surface area (Å²) < 4.78 is 0. The number of carbonyl (C=O) groups excluding carboxylic acids is 1. The number of benzene rings is 1. The molecule has 6 heteroatoms. The quantitative estimate of drug-likeness (QED) is 0.911. The lowest BCUT2D eigenvalue weighted by atomic mass is 10.0. The molecule has 0 saturated carbocycles. The van der Waals surface area contributed by atoms with Crippen LogP contribution in [0.2, 0.25) is 5.02 Å². The van der Waals surface area contributed by atoms with Crippen LogP contribution in [0.5, 0.6) is 0 Å². The number of carboxylic acids is 1. The monoisotopic (exact) mass is 266 g/mol. The minimum Gasteiger partial charge on any atom is -0.481 e. The second-order valence-corrected chi connectivity index (χ2v) is 4.40. The van der Waals surface area contributed by atoms with E-state index in [1.165, 1.54) is 5.01 Å². The highest BCUT2D eigenvalue weighted by Crippen LogP contribution is 2.31. The normalized spacial score (nSPS) is 19.0. The number of rotatable bonds is 3. The van der Waals surface area contributed by atoms with Crippen molar-refractivity contribution in [2.24, 2.45) is 11.0 Å². The molecule has 94 valence electrons. The number of hydrogen-bond donors (Lipinski definition) is 1. The lowest BCUT2D eigenvalue weighted by molar-refractivity contribution is -0.139. The molecule has 1 aliphatic rings. The molecular weight excluding hydrogens is 256 g/mol. The largest absolute Gasteiger partial charge is 0.481 e. The van der Waals surface area contributed by atoms with E-state index in [0.717, 1.165) is 0 Å². The molecule has 1 unspecified atom stereocenters. The van der Waals surface area contributed by atoms with Gasteiger partial charge >= 0.3 is 5.97 Å². The van der Waals surface area contributed by atoms with Gasteiger partial charge in [0.05, 0.1) is 23.0 Å². The first-order chi connectivity index (χ1) is 8.50. The number of nitrogens with zero attached hydrogens (tertiary/aromatic N) is 2. The summed E-state index contributed by atoms with van der Waals surface area (Å²) in [5, 5.41) is 14.4. The molecule has 1 atom stereocenters. The standard InChI is InChI=1S/C12H11ClN2O3/c1-7-8(6-11(16)17)12(18)15(14-7)10-5-3-2-4-9(10)13/h2-5,8H,6H2,1H3,(H,16,17). The molecule has 0 spiro atoms. The van der Waals surface area contributed by atoms with E-state index in [1.54, 1.807) is 31.2 Å². The van der Waals surface area contributed by atoms with Gasteiger partial charge in [-0.05, 0) is 19.1 Å². The SMILES string of the molecule is CC1=NN(c2ccccc2Cl)C(=O)C1CC(=O)O. The third kappa shape index (κ3) is 2.22. The van der Waals surface area contributed by atoms with Crippen LogP contribution in [0.3, 0.4) is 0 Å². The Kier molecular flexibility index (Phi) is 3.34. The Labute approximate surface area is 109 Å². The second-order valence-electron chi connectivity index (χ2n) is 3.99. The van der Waals surface area contributed by atoms with Gasteiger partial charge in [0.2, 0.25) is 0 Å². The number of para-hydroxylation sites is 1. The van der Waals surface area contributed by atoms with Crippen LogP contribution in [0.4, 0.5) is 5.69 Å². The third-order valence-corrected chi connectivity index (χ3v) is 3.05. The van der Waals surface area contributed by atoms with E-state index in [9.17, 15) is 9.59 Å². The molecule has 0 saturated heterocycles. The summed E-state index contributed by atoms with van der Waals surface area (Å²) in [4.78, 5) is 22.8. The zero-order chi connectivity index (χ0) is 13.3.